The Balaban J connectivity index is 1.36. The number of nitrogens with zero attached hydrogens (tertiary/aromatic N) is 2. The predicted molar refractivity (Wildman–Crippen MR) is 290 cm³/mol. The van der Waals surface area contributed by atoms with Gasteiger partial charge in [0.25, 0.3) is 23.5 Å². The first-order valence-corrected chi connectivity index (χ1v) is 28.3. The van der Waals surface area contributed by atoms with E-state index in [2.05, 4.69) is 0 Å². The average molecular weight is 1110 g/mol. The van der Waals surface area contributed by atoms with Crippen molar-refractivity contribution in [3.05, 3.63) is 59.8 Å². The van der Waals surface area contributed by atoms with E-state index < -0.39 is 101 Å². The predicted octanol–water partition coefficient (Wildman–Crippen LogP) is 6.06. The number of methoxy groups -OCH3 is 3. The lowest BCUT2D eigenvalue weighted by Gasteiger charge is -2.42. The van der Waals surface area contributed by atoms with Crippen LogP contribution in [0.2, 0.25) is 0 Å². The van der Waals surface area contributed by atoms with E-state index in [-0.39, 0.29) is 81.2 Å². The molecule has 2 N–H and O–H groups in total. The molecule has 5 aliphatic rings. The standard InChI is InChI=1S/C60H88N2O17/c1-36-16-12-11-13-17-37(2)48(73-8)34-44-21-19-42(7)60(72,79-44)57(69)58(70)61-26-15-14-18-45(61)59(71)78-49(35-46(63)38(3)31-41(6)55(68)56(75-10)54(67)40(5)30-36)39(4)32-43-20-22-47(50(33-43)74-9)76-28-29-77-53(66)25-27-62-51(64)23-24-52(62)65/h11-13,16-17,23-24,31,36,38-40,42-45,47-50,55-56,68,72H,14-15,18-22,25-30,32-35H2,1-10H3/b13-11+,16-12+,37-17+,41-31+/t36?,38?,39-,40+,42+,43-,44-,45?,47+,48-,49-,50+,55+,56?,60+/m0/s1. The first-order valence-electron chi connectivity index (χ1n) is 28.3. The van der Waals surface area contributed by atoms with E-state index in [0.29, 0.717) is 69.8 Å². The number of piperidine rings is 1. The number of Topliss-reactive ketones (excluding diaryl/α,β-unsaturated/α-hetero) is 3. The second kappa shape index (κ2) is 30.7. The van der Waals surface area contributed by atoms with Crippen LogP contribution in [0.3, 0.4) is 0 Å². The first kappa shape index (κ1) is 64.8. The fourth-order valence-electron chi connectivity index (χ4n) is 11.6. The number of cyclic esters (lactones) is 1. The van der Waals surface area contributed by atoms with E-state index in [1.54, 1.807) is 48.0 Å². The summed E-state index contributed by atoms with van der Waals surface area (Å²) in [5, 5.41) is 23.6. The summed E-state index contributed by atoms with van der Waals surface area (Å²) in [6.07, 6.45) is 13.0. The number of hydrogen-bond acceptors (Lipinski definition) is 17. The molecule has 0 spiro atoms. The van der Waals surface area contributed by atoms with Gasteiger partial charge in [0.15, 0.2) is 5.78 Å². The maximum absolute atomic E-state index is 14.6. The van der Waals surface area contributed by atoms with Crippen molar-refractivity contribution in [1.29, 1.82) is 0 Å². The van der Waals surface area contributed by atoms with Crippen LogP contribution in [0.5, 0.6) is 0 Å². The molecule has 0 radical (unpaired) electrons. The summed E-state index contributed by atoms with van der Waals surface area (Å²) in [4.78, 5) is 110. The molecule has 3 amide bonds. The summed E-state index contributed by atoms with van der Waals surface area (Å²) in [7, 11) is 4.51. The molecule has 19 nitrogen and oxygen atoms in total. The van der Waals surface area contributed by atoms with Gasteiger partial charge in [0.1, 0.15) is 36.7 Å². The summed E-state index contributed by atoms with van der Waals surface area (Å²) < 4.78 is 41.3. The smallest absolute Gasteiger partial charge is 0.329 e. The highest BCUT2D eigenvalue weighted by molar-refractivity contribution is 6.39. The molecule has 1 saturated carbocycles. The molecule has 3 fully saturated rings. The number of aliphatic hydroxyl groups excluding tert-OH is 1. The lowest BCUT2D eigenvalue weighted by atomic mass is 9.78. The molecule has 4 aliphatic heterocycles. The number of ketones is 3. The second-order valence-corrected chi connectivity index (χ2v) is 22.6. The summed E-state index contributed by atoms with van der Waals surface area (Å²) in [5.41, 5.74) is 1.22. The Kier molecular flexibility index (Phi) is 25.2. The maximum Gasteiger partial charge on any atom is 0.329 e. The molecular weight excluding hydrogens is 1020 g/mol. The molecule has 2 saturated heterocycles. The van der Waals surface area contributed by atoms with Crippen LogP contribution in [0.15, 0.2) is 59.8 Å². The largest absolute Gasteiger partial charge is 0.463 e. The molecule has 0 aromatic carbocycles. The van der Waals surface area contributed by atoms with Gasteiger partial charge in [-0.15, -0.1) is 0 Å². The summed E-state index contributed by atoms with van der Waals surface area (Å²) >= 11 is 0. The lowest BCUT2D eigenvalue weighted by molar-refractivity contribution is -0.265. The van der Waals surface area contributed by atoms with Gasteiger partial charge in [-0.3, -0.25) is 38.5 Å². The normalized spacial score (nSPS) is 36.2. The third-order valence-electron chi connectivity index (χ3n) is 16.6. The molecule has 0 aromatic heterocycles. The van der Waals surface area contributed by atoms with Crippen LogP contribution in [0, 0.1) is 35.5 Å². The van der Waals surface area contributed by atoms with Crippen LogP contribution in [-0.4, -0.2) is 169 Å². The number of amides is 3. The van der Waals surface area contributed by atoms with Crippen molar-refractivity contribution in [2.45, 2.75) is 186 Å². The van der Waals surface area contributed by atoms with E-state index >= 15 is 0 Å². The summed E-state index contributed by atoms with van der Waals surface area (Å²) in [5.74, 6) is -10.00. The van der Waals surface area contributed by atoms with Crippen molar-refractivity contribution in [2.75, 3.05) is 47.6 Å². The number of rotatable bonds is 13. The van der Waals surface area contributed by atoms with Gasteiger partial charge in [-0.05, 0) is 107 Å². The highest BCUT2D eigenvalue weighted by Crippen LogP contribution is 2.38. The Hall–Kier alpha value is -5.02. The number of esters is 2. The number of imide groups is 1. The molecule has 4 heterocycles. The minimum atomic E-state index is -2.47. The van der Waals surface area contributed by atoms with Gasteiger partial charge >= 0.3 is 11.9 Å². The molecular formula is C60H88N2O17. The van der Waals surface area contributed by atoms with Gasteiger partial charge in [-0.2, -0.15) is 0 Å². The fraction of sp³-hybridized carbons (Fsp3) is 0.700. The van der Waals surface area contributed by atoms with Gasteiger partial charge < -0.3 is 48.3 Å². The Morgan fingerprint density at radius 3 is 2.23 bits per heavy atom. The zero-order valence-electron chi connectivity index (χ0n) is 48.1. The third kappa shape index (κ3) is 17.7. The maximum atomic E-state index is 14.6. The van der Waals surface area contributed by atoms with Crippen LogP contribution >= 0.6 is 0 Å². The Morgan fingerprint density at radius 1 is 0.823 bits per heavy atom. The molecule has 440 valence electrons. The van der Waals surface area contributed by atoms with E-state index in [1.165, 1.54) is 12.0 Å². The van der Waals surface area contributed by atoms with Crippen molar-refractivity contribution in [1.82, 2.24) is 9.80 Å². The highest BCUT2D eigenvalue weighted by atomic mass is 16.6. The number of ether oxygens (including phenoxy) is 7. The molecule has 4 unspecified atom stereocenters. The number of carbonyl (C=O) groups is 8. The van der Waals surface area contributed by atoms with Gasteiger partial charge in [-0.25, -0.2) is 4.79 Å². The number of carbonyl (C=O) groups excluding carboxylic acids is 8. The average Bonchev–Trinajstić information content (AvgIpc) is 3.76. The van der Waals surface area contributed by atoms with Crippen molar-refractivity contribution in [2.24, 2.45) is 35.5 Å². The number of fused-ring (bicyclic) bond motifs is 3. The van der Waals surface area contributed by atoms with Crippen molar-refractivity contribution < 1.29 is 81.7 Å². The number of hydrogen-bond donors (Lipinski definition) is 2. The van der Waals surface area contributed by atoms with Crippen molar-refractivity contribution >= 4 is 47.0 Å². The summed E-state index contributed by atoms with van der Waals surface area (Å²) in [6.45, 7) is 12.6. The Labute approximate surface area is 466 Å². The minimum Gasteiger partial charge on any atom is -0.463 e. The van der Waals surface area contributed by atoms with Crippen molar-refractivity contribution in [3.8, 4) is 0 Å². The molecule has 5 rings (SSSR count). The number of aliphatic hydroxyl groups is 2. The van der Waals surface area contributed by atoms with Crippen LogP contribution in [-0.2, 0) is 71.5 Å². The minimum absolute atomic E-state index is 0.00812. The second-order valence-electron chi connectivity index (χ2n) is 22.6. The molecule has 15 atom stereocenters. The molecule has 19 heteroatoms. The van der Waals surface area contributed by atoms with Crippen LogP contribution in [0.25, 0.3) is 0 Å². The topological polar surface area (TPSA) is 248 Å². The molecule has 0 aromatic rings. The quantitative estimate of drug-likeness (QED) is 0.0699. The third-order valence-corrected chi connectivity index (χ3v) is 16.6. The SMILES string of the molecule is COC1C(=O)[C@H](C)CC(C)/C=C/C=C/C=C(\C)[C@@H](OC)C[C@@H]2CC[C@@H](C)[C@@](O)(O2)C(=O)C(=O)N2CCCCC2C(=O)O[C@H]([C@@H](C)C[C@@H]2CC[C@@H](OCCOC(=O)CCN3C(=O)C=CC3=O)[C@H](OC)C2)CC(=O)C(C)/C=C(\C)[C@H]1O. The zero-order valence-corrected chi connectivity index (χ0v) is 48.1. The van der Waals surface area contributed by atoms with Gasteiger partial charge in [-0.1, -0.05) is 71.1 Å². The van der Waals surface area contributed by atoms with Gasteiger partial charge in [0.05, 0.1) is 37.4 Å². The van der Waals surface area contributed by atoms with E-state index in [1.807, 2.05) is 51.2 Å². The monoisotopic (exact) mass is 1110 g/mol. The van der Waals surface area contributed by atoms with Gasteiger partial charge in [0, 0.05) is 77.2 Å². The van der Waals surface area contributed by atoms with E-state index in [4.69, 9.17) is 33.2 Å². The first-order chi connectivity index (χ1) is 37.5. The van der Waals surface area contributed by atoms with E-state index in [9.17, 15) is 48.6 Å². The Bertz CT molecular complexity index is 2290. The van der Waals surface area contributed by atoms with Crippen LogP contribution < -0.4 is 0 Å². The van der Waals surface area contributed by atoms with Crippen LogP contribution in [0.4, 0.5) is 0 Å². The van der Waals surface area contributed by atoms with Crippen LogP contribution in [0.1, 0.15) is 132 Å². The molecule has 2 bridgehead atoms. The van der Waals surface area contributed by atoms with E-state index in [0.717, 1.165) is 22.6 Å². The molecule has 79 heavy (non-hydrogen) atoms. The zero-order chi connectivity index (χ0) is 58.1. The highest BCUT2D eigenvalue weighted by Gasteiger charge is 2.53. The molecule has 1 aliphatic carbocycles. The Morgan fingerprint density at radius 2 is 1.54 bits per heavy atom. The fourth-order valence-corrected chi connectivity index (χ4v) is 11.6. The van der Waals surface area contributed by atoms with Crippen molar-refractivity contribution in [3.63, 3.8) is 0 Å². The summed E-state index contributed by atoms with van der Waals surface area (Å²) in [6, 6.07) is -1.19. The lowest BCUT2D eigenvalue weighted by Crippen LogP contribution is -2.61. The number of allylic oxidation sites excluding steroid dienone is 6. The van der Waals surface area contributed by atoms with Gasteiger partial charge in [0.2, 0.25) is 5.79 Å².